The number of benzene rings is 1. The number of amides is 1. The van der Waals surface area contributed by atoms with Crippen molar-refractivity contribution in [3.63, 3.8) is 0 Å². The van der Waals surface area contributed by atoms with Crippen LogP contribution in [0.1, 0.15) is 25.8 Å². The molecule has 1 aliphatic heterocycles. The second-order valence-electron chi connectivity index (χ2n) is 6.40. The van der Waals surface area contributed by atoms with Crippen molar-refractivity contribution in [2.24, 2.45) is 11.8 Å². The number of nitrogens with zero attached hydrogens (tertiary/aromatic N) is 1. The molecule has 1 amide bonds. The SMILES string of the molecule is CC1CC(C)CN(C(=O)CS(=O)(=O)Cc2ccc(Cl)cc2)C1. The highest BCUT2D eigenvalue weighted by Crippen LogP contribution is 2.21. The second-order valence-corrected chi connectivity index (χ2v) is 8.90. The van der Waals surface area contributed by atoms with E-state index in [4.69, 9.17) is 11.6 Å². The van der Waals surface area contributed by atoms with E-state index >= 15 is 0 Å². The zero-order valence-corrected chi connectivity index (χ0v) is 14.5. The lowest BCUT2D eigenvalue weighted by atomic mass is 9.92. The number of carbonyl (C=O) groups is 1. The molecule has 0 spiro atoms. The van der Waals surface area contributed by atoms with E-state index in [9.17, 15) is 13.2 Å². The average Bonchev–Trinajstić information content (AvgIpc) is 2.39. The van der Waals surface area contributed by atoms with Crippen LogP contribution >= 0.6 is 11.6 Å². The van der Waals surface area contributed by atoms with Crippen molar-refractivity contribution in [2.45, 2.75) is 26.0 Å². The van der Waals surface area contributed by atoms with E-state index < -0.39 is 15.6 Å². The molecule has 6 heteroatoms. The largest absolute Gasteiger partial charge is 0.341 e. The third kappa shape index (κ3) is 4.99. The van der Waals surface area contributed by atoms with Gasteiger partial charge in [-0.3, -0.25) is 4.79 Å². The molecule has 122 valence electrons. The minimum Gasteiger partial charge on any atom is -0.341 e. The van der Waals surface area contributed by atoms with Gasteiger partial charge in [0.1, 0.15) is 5.75 Å². The molecule has 0 aromatic heterocycles. The Morgan fingerprint density at radius 3 is 2.27 bits per heavy atom. The topological polar surface area (TPSA) is 54.5 Å². The lowest BCUT2D eigenvalue weighted by molar-refractivity contribution is -0.131. The molecule has 0 bridgehead atoms. The lowest BCUT2D eigenvalue weighted by Gasteiger charge is -2.35. The van der Waals surface area contributed by atoms with Gasteiger partial charge >= 0.3 is 0 Å². The van der Waals surface area contributed by atoms with Crippen LogP contribution in [0.5, 0.6) is 0 Å². The molecule has 1 aliphatic rings. The lowest BCUT2D eigenvalue weighted by Crippen LogP contribution is -2.45. The van der Waals surface area contributed by atoms with Crippen LogP contribution in [0.2, 0.25) is 5.02 Å². The highest BCUT2D eigenvalue weighted by atomic mass is 35.5. The highest BCUT2D eigenvalue weighted by molar-refractivity contribution is 7.91. The molecule has 2 unspecified atom stereocenters. The highest BCUT2D eigenvalue weighted by Gasteiger charge is 2.28. The number of hydrogen-bond donors (Lipinski definition) is 0. The van der Waals surface area contributed by atoms with Crippen LogP contribution in [0.3, 0.4) is 0 Å². The predicted molar refractivity (Wildman–Crippen MR) is 88.5 cm³/mol. The van der Waals surface area contributed by atoms with Gasteiger partial charge in [0.15, 0.2) is 9.84 Å². The first kappa shape index (κ1) is 17.3. The molecule has 0 aliphatic carbocycles. The number of piperidine rings is 1. The number of carbonyl (C=O) groups excluding carboxylic acids is 1. The first-order valence-corrected chi connectivity index (χ1v) is 9.68. The molecule has 2 atom stereocenters. The van der Waals surface area contributed by atoms with E-state index in [0.717, 1.165) is 6.42 Å². The first-order chi connectivity index (χ1) is 10.2. The summed E-state index contributed by atoms with van der Waals surface area (Å²) >= 11 is 5.79. The van der Waals surface area contributed by atoms with Gasteiger partial charge in [-0.1, -0.05) is 37.6 Å². The third-order valence-electron chi connectivity index (χ3n) is 3.86. The van der Waals surface area contributed by atoms with Crippen molar-refractivity contribution >= 4 is 27.3 Å². The van der Waals surface area contributed by atoms with E-state index in [1.54, 1.807) is 29.2 Å². The summed E-state index contributed by atoms with van der Waals surface area (Å²) < 4.78 is 24.4. The Hall–Kier alpha value is -1.07. The summed E-state index contributed by atoms with van der Waals surface area (Å²) in [6.07, 6.45) is 1.08. The maximum absolute atomic E-state index is 12.3. The fourth-order valence-electron chi connectivity index (χ4n) is 3.03. The molecular formula is C16H22ClNO3S. The molecule has 0 radical (unpaired) electrons. The predicted octanol–water partition coefficient (Wildman–Crippen LogP) is 2.76. The van der Waals surface area contributed by atoms with Gasteiger partial charge in [-0.05, 0) is 36.0 Å². The van der Waals surface area contributed by atoms with E-state index in [-0.39, 0.29) is 11.7 Å². The fraction of sp³-hybridized carbons (Fsp3) is 0.562. The molecule has 1 aromatic rings. The van der Waals surface area contributed by atoms with Crippen molar-refractivity contribution in [3.05, 3.63) is 34.9 Å². The van der Waals surface area contributed by atoms with E-state index in [1.165, 1.54) is 0 Å². The third-order valence-corrected chi connectivity index (χ3v) is 5.58. The molecule has 1 heterocycles. The maximum atomic E-state index is 12.3. The Morgan fingerprint density at radius 2 is 1.73 bits per heavy atom. The van der Waals surface area contributed by atoms with Crippen molar-refractivity contribution in [1.29, 1.82) is 0 Å². The molecule has 4 nitrogen and oxygen atoms in total. The Kier molecular flexibility index (Phi) is 5.50. The Morgan fingerprint density at radius 1 is 1.18 bits per heavy atom. The monoisotopic (exact) mass is 343 g/mol. The zero-order valence-electron chi connectivity index (χ0n) is 13.0. The van der Waals surface area contributed by atoms with Crippen LogP contribution < -0.4 is 0 Å². The Bertz CT molecular complexity index is 617. The summed E-state index contributed by atoms with van der Waals surface area (Å²) in [5.74, 6) is 0.00917. The van der Waals surface area contributed by atoms with Crippen molar-refractivity contribution in [2.75, 3.05) is 18.8 Å². The van der Waals surface area contributed by atoms with Gasteiger partial charge in [0.05, 0.1) is 5.75 Å². The van der Waals surface area contributed by atoms with Gasteiger partial charge in [0.2, 0.25) is 5.91 Å². The number of hydrogen-bond acceptors (Lipinski definition) is 3. The molecule has 1 saturated heterocycles. The second kappa shape index (κ2) is 7.01. The van der Waals surface area contributed by atoms with E-state index in [2.05, 4.69) is 13.8 Å². The van der Waals surface area contributed by atoms with Crippen molar-refractivity contribution in [1.82, 2.24) is 4.90 Å². The summed E-state index contributed by atoms with van der Waals surface area (Å²) in [4.78, 5) is 14.0. The molecule has 0 N–H and O–H groups in total. The van der Waals surface area contributed by atoms with Crippen LogP contribution in [-0.4, -0.2) is 38.1 Å². The van der Waals surface area contributed by atoms with E-state index in [0.29, 0.717) is 35.5 Å². The summed E-state index contributed by atoms with van der Waals surface area (Å²) in [5.41, 5.74) is 0.651. The Labute approximate surface area is 137 Å². The van der Waals surface area contributed by atoms with Gasteiger partial charge in [-0.25, -0.2) is 8.42 Å². The van der Waals surface area contributed by atoms with Crippen LogP contribution in [0, 0.1) is 11.8 Å². The van der Waals surface area contributed by atoms with Gasteiger partial charge in [0, 0.05) is 18.1 Å². The molecule has 1 aromatic carbocycles. The van der Waals surface area contributed by atoms with Gasteiger partial charge in [-0.2, -0.15) is 0 Å². The summed E-state index contributed by atoms with van der Waals surface area (Å²) in [6.45, 7) is 5.50. The normalized spacial score (nSPS) is 22.6. The van der Waals surface area contributed by atoms with Gasteiger partial charge < -0.3 is 4.90 Å². The molecule has 0 saturated carbocycles. The summed E-state index contributed by atoms with van der Waals surface area (Å²) in [6, 6.07) is 6.66. The average molecular weight is 344 g/mol. The smallest absolute Gasteiger partial charge is 0.237 e. The number of rotatable bonds is 4. The molecular weight excluding hydrogens is 322 g/mol. The number of sulfone groups is 1. The van der Waals surface area contributed by atoms with Crippen LogP contribution in [0.15, 0.2) is 24.3 Å². The number of halogens is 1. The van der Waals surface area contributed by atoms with Gasteiger partial charge in [-0.15, -0.1) is 0 Å². The van der Waals surface area contributed by atoms with Crippen LogP contribution in [-0.2, 0) is 20.4 Å². The van der Waals surface area contributed by atoms with Gasteiger partial charge in [0.25, 0.3) is 0 Å². The molecule has 1 fully saturated rings. The quantitative estimate of drug-likeness (QED) is 0.844. The van der Waals surface area contributed by atoms with Crippen molar-refractivity contribution in [3.8, 4) is 0 Å². The van der Waals surface area contributed by atoms with Crippen molar-refractivity contribution < 1.29 is 13.2 Å². The maximum Gasteiger partial charge on any atom is 0.237 e. The molecule has 22 heavy (non-hydrogen) atoms. The minimum absolute atomic E-state index is 0.130. The Balaban J connectivity index is 1.98. The summed E-state index contributed by atoms with van der Waals surface area (Å²) in [5, 5.41) is 0.563. The standard InChI is InChI=1S/C16H22ClNO3S/c1-12-7-13(2)9-18(8-12)16(19)11-22(20,21)10-14-3-5-15(17)6-4-14/h3-6,12-13H,7-11H2,1-2H3. The van der Waals surface area contributed by atoms with E-state index in [1.807, 2.05) is 0 Å². The van der Waals surface area contributed by atoms with Crippen LogP contribution in [0.25, 0.3) is 0 Å². The molecule has 2 rings (SSSR count). The number of likely N-dealkylation sites (tertiary alicyclic amines) is 1. The summed E-state index contributed by atoms with van der Waals surface area (Å²) in [7, 11) is -3.47. The van der Waals surface area contributed by atoms with Crippen LogP contribution in [0.4, 0.5) is 0 Å². The fourth-order valence-corrected chi connectivity index (χ4v) is 4.52. The first-order valence-electron chi connectivity index (χ1n) is 7.48. The zero-order chi connectivity index (χ0) is 16.3. The minimum atomic E-state index is -3.47.